The summed E-state index contributed by atoms with van der Waals surface area (Å²) in [6, 6.07) is 0. The Morgan fingerprint density at radius 1 is 1.62 bits per heavy atom. The number of aliphatic imine (C=N–C) groups is 1. The second-order valence-electron chi connectivity index (χ2n) is 2.39. The van der Waals surface area contributed by atoms with Gasteiger partial charge >= 0.3 is 6.61 Å². The molecule has 13 heavy (non-hydrogen) atoms. The van der Waals surface area contributed by atoms with Gasteiger partial charge in [0.05, 0.1) is 6.61 Å². The smallest absolute Gasteiger partial charge is 0.388 e. The van der Waals surface area contributed by atoms with Crippen LogP contribution in [0.2, 0.25) is 0 Å². The molecule has 1 atom stereocenters. The number of ether oxygens (including phenoxy) is 1. The van der Waals surface area contributed by atoms with Crippen molar-refractivity contribution in [1.82, 2.24) is 0 Å². The molecule has 0 saturated carbocycles. The first-order valence-electron chi connectivity index (χ1n) is 3.70. The van der Waals surface area contributed by atoms with E-state index in [4.69, 9.17) is 5.11 Å². The molecule has 0 aromatic rings. The van der Waals surface area contributed by atoms with Crippen molar-refractivity contribution >= 4 is 6.21 Å². The van der Waals surface area contributed by atoms with Crippen molar-refractivity contribution < 1.29 is 18.6 Å². The van der Waals surface area contributed by atoms with Crippen molar-refractivity contribution in [2.24, 2.45) is 10.9 Å². The number of halogens is 2. The number of aliphatic hydroxyl groups excluding tert-OH is 1. The van der Waals surface area contributed by atoms with Gasteiger partial charge in [-0.3, -0.25) is 0 Å². The third-order valence-electron chi connectivity index (χ3n) is 1.42. The summed E-state index contributed by atoms with van der Waals surface area (Å²) in [5.74, 6) is -0.490. The standard InChI is InChI=1S/C8H9F2NO2/c9-8(10)13-7-4-6(5-12)2-1-3-11-7/h1-4,6,8,12H,5H2. The van der Waals surface area contributed by atoms with Crippen molar-refractivity contribution in [3.63, 3.8) is 0 Å². The van der Waals surface area contributed by atoms with Crippen LogP contribution >= 0.6 is 0 Å². The van der Waals surface area contributed by atoms with Crippen LogP contribution in [0.4, 0.5) is 8.78 Å². The maximum Gasteiger partial charge on any atom is 0.388 e. The molecular weight excluding hydrogens is 180 g/mol. The van der Waals surface area contributed by atoms with E-state index in [0.29, 0.717) is 0 Å². The highest BCUT2D eigenvalue weighted by Crippen LogP contribution is 2.13. The normalized spacial score (nSPS) is 21.5. The van der Waals surface area contributed by atoms with Gasteiger partial charge in [-0.1, -0.05) is 6.08 Å². The van der Waals surface area contributed by atoms with E-state index in [2.05, 4.69) is 9.73 Å². The molecule has 0 aromatic carbocycles. The van der Waals surface area contributed by atoms with E-state index in [1.54, 1.807) is 12.2 Å². The lowest BCUT2D eigenvalue weighted by Crippen LogP contribution is -2.02. The summed E-state index contributed by atoms with van der Waals surface area (Å²) < 4.78 is 27.6. The van der Waals surface area contributed by atoms with Gasteiger partial charge in [0.15, 0.2) is 0 Å². The molecule has 1 aliphatic rings. The Labute approximate surface area is 74.0 Å². The molecular formula is C8H9F2NO2. The summed E-state index contributed by atoms with van der Waals surface area (Å²) in [6.07, 6.45) is 5.89. The average molecular weight is 189 g/mol. The summed E-state index contributed by atoms with van der Waals surface area (Å²) in [4.78, 5) is 3.60. The molecule has 0 saturated heterocycles. The average Bonchev–Trinajstić information content (AvgIpc) is 2.28. The fourth-order valence-corrected chi connectivity index (χ4v) is 0.865. The minimum Gasteiger partial charge on any atom is -0.417 e. The minimum absolute atomic E-state index is 0.157. The highest BCUT2D eigenvalue weighted by atomic mass is 19.3. The van der Waals surface area contributed by atoms with E-state index in [-0.39, 0.29) is 18.4 Å². The lowest BCUT2D eigenvalue weighted by molar-refractivity contribution is -0.0969. The van der Waals surface area contributed by atoms with E-state index >= 15 is 0 Å². The SMILES string of the molecule is OCC1C=CC=NC(OC(F)F)=C1. The molecule has 0 amide bonds. The maximum absolute atomic E-state index is 11.8. The van der Waals surface area contributed by atoms with Crippen LogP contribution < -0.4 is 0 Å². The molecule has 1 aliphatic heterocycles. The molecule has 1 heterocycles. The Morgan fingerprint density at radius 2 is 2.38 bits per heavy atom. The zero-order chi connectivity index (χ0) is 9.68. The molecule has 72 valence electrons. The van der Waals surface area contributed by atoms with E-state index in [0.717, 1.165) is 0 Å². The lowest BCUT2D eigenvalue weighted by Gasteiger charge is -2.05. The third-order valence-corrected chi connectivity index (χ3v) is 1.42. The summed E-state index contributed by atoms with van der Waals surface area (Å²) in [5, 5.41) is 8.77. The zero-order valence-electron chi connectivity index (χ0n) is 6.73. The van der Waals surface area contributed by atoms with Crippen molar-refractivity contribution in [1.29, 1.82) is 0 Å². The second-order valence-corrected chi connectivity index (χ2v) is 2.39. The molecule has 0 fully saturated rings. The number of allylic oxidation sites excluding steroid dienone is 1. The van der Waals surface area contributed by atoms with Crippen molar-refractivity contribution in [2.75, 3.05) is 6.61 Å². The number of nitrogens with zero attached hydrogens (tertiary/aromatic N) is 1. The number of alkyl halides is 2. The summed E-state index contributed by atoms with van der Waals surface area (Å²) in [7, 11) is 0. The van der Waals surface area contributed by atoms with Crippen LogP contribution in [-0.4, -0.2) is 24.5 Å². The molecule has 5 heteroatoms. The van der Waals surface area contributed by atoms with Crippen LogP contribution in [0.3, 0.4) is 0 Å². The van der Waals surface area contributed by atoms with Crippen LogP contribution in [0.25, 0.3) is 0 Å². The van der Waals surface area contributed by atoms with Gasteiger partial charge in [-0.25, -0.2) is 4.99 Å². The first kappa shape index (κ1) is 9.85. The largest absolute Gasteiger partial charge is 0.417 e. The monoisotopic (exact) mass is 189 g/mol. The number of aliphatic hydroxyl groups is 1. The first-order chi connectivity index (χ1) is 6.22. The van der Waals surface area contributed by atoms with E-state index in [1.807, 2.05) is 0 Å². The summed E-state index contributed by atoms with van der Waals surface area (Å²) >= 11 is 0. The second kappa shape index (κ2) is 4.71. The van der Waals surface area contributed by atoms with Crippen molar-refractivity contribution in [2.45, 2.75) is 6.61 Å². The van der Waals surface area contributed by atoms with Gasteiger partial charge in [-0.2, -0.15) is 8.78 Å². The molecule has 0 aliphatic carbocycles. The highest BCUT2D eigenvalue weighted by Gasteiger charge is 2.09. The molecule has 0 bridgehead atoms. The van der Waals surface area contributed by atoms with Crippen molar-refractivity contribution in [3.8, 4) is 0 Å². The van der Waals surface area contributed by atoms with Gasteiger partial charge in [-0.05, 0) is 12.2 Å². The van der Waals surface area contributed by atoms with Crippen LogP contribution in [0, 0.1) is 5.92 Å². The first-order valence-corrected chi connectivity index (χ1v) is 3.70. The van der Waals surface area contributed by atoms with Crippen LogP contribution in [0.5, 0.6) is 0 Å². The highest BCUT2D eigenvalue weighted by molar-refractivity contribution is 5.72. The molecule has 0 spiro atoms. The molecule has 0 aromatic heterocycles. The quantitative estimate of drug-likeness (QED) is 0.727. The Morgan fingerprint density at radius 3 is 3.00 bits per heavy atom. The Hall–Kier alpha value is -1.23. The van der Waals surface area contributed by atoms with Gasteiger partial charge in [0.1, 0.15) is 0 Å². The van der Waals surface area contributed by atoms with Gasteiger partial charge in [0.2, 0.25) is 5.88 Å². The van der Waals surface area contributed by atoms with E-state index < -0.39 is 6.61 Å². The summed E-state index contributed by atoms with van der Waals surface area (Å²) in [5.41, 5.74) is 0. The van der Waals surface area contributed by atoms with E-state index in [1.165, 1.54) is 12.3 Å². The fraction of sp³-hybridized carbons (Fsp3) is 0.375. The number of hydrogen-bond donors (Lipinski definition) is 1. The third kappa shape index (κ3) is 3.33. The zero-order valence-corrected chi connectivity index (χ0v) is 6.73. The Kier molecular flexibility index (Phi) is 3.57. The van der Waals surface area contributed by atoms with Gasteiger partial charge < -0.3 is 9.84 Å². The van der Waals surface area contributed by atoms with Crippen LogP contribution in [-0.2, 0) is 4.74 Å². The minimum atomic E-state index is -2.89. The van der Waals surface area contributed by atoms with Crippen LogP contribution in [0.1, 0.15) is 0 Å². The fourth-order valence-electron chi connectivity index (χ4n) is 0.865. The molecule has 0 radical (unpaired) electrons. The predicted molar refractivity (Wildman–Crippen MR) is 43.4 cm³/mol. The van der Waals surface area contributed by atoms with Gasteiger partial charge in [-0.15, -0.1) is 0 Å². The predicted octanol–water partition coefficient (Wildman–Crippen LogP) is 1.32. The Bertz CT molecular complexity index is 249. The molecule has 1 rings (SSSR count). The maximum atomic E-state index is 11.8. The number of hydrogen-bond acceptors (Lipinski definition) is 3. The van der Waals surface area contributed by atoms with Gasteiger partial charge in [0, 0.05) is 12.1 Å². The summed E-state index contributed by atoms with van der Waals surface area (Å²) in [6.45, 7) is -3.04. The lowest BCUT2D eigenvalue weighted by atomic mass is 10.1. The molecule has 3 nitrogen and oxygen atoms in total. The molecule has 1 N–H and O–H groups in total. The van der Waals surface area contributed by atoms with Crippen LogP contribution in [0.15, 0.2) is 29.1 Å². The molecule has 1 unspecified atom stereocenters. The van der Waals surface area contributed by atoms with Gasteiger partial charge in [0.25, 0.3) is 0 Å². The topological polar surface area (TPSA) is 41.8 Å². The van der Waals surface area contributed by atoms with Crippen molar-refractivity contribution in [3.05, 3.63) is 24.1 Å². The van der Waals surface area contributed by atoms with E-state index in [9.17, 15) is 8.78 Å². The number of rotatable bonds is 3. The Balaban J connectivity index is 2.66.